The molecule has 1 saturated carbocycles. The van der Waals surface area contributed by atoms with Crippen LogP contribution in [0.5, 0.6) is 0 Å². The smallest absolute Gasteiger partial charge is 0.218 e. The molecule has 6 heteroatoms. The Morgan fingerprint density at radius 3 is 2.22 bits per heavy atom. The van der Waals surface area contributed by atoms with Crippen LogP contribution in [-0.4, -0.2) is 29.8 Å². The SMILES string of the molecule is COC1(OC)C2(Cl)C(Cl)=C(Cl)C1(Cl)C1CC=CC12. The number of allylic oxidation sites excluding steroid dienone is 2. The van der Waals surface area contributed by atoms with Gasteiger partial charge >= 0.3 is 0 Å². The minimum atomic E-state index is -1.24. The first kappa shape index (κ1) is 13.5. The van der Waals surface area contributed by atoms with E-state index in [-0.39, 0.29) is 11.8 Å². The van der Waals surface area contributed by atoms with Crippen molar-refractivity contribution >= 4 is 46.4 Å². The Balaban J connectivity index is 2.32. The fraction of sp³-hybridized carbons (Fsp3) is 0.667. The second-order valence-electron chi connectivity index (χ2n) is 4.87. The lowest BCUT2D eigenvalue weighted by atomic mass is 9.84. The molecule has 0 aromatic rings. The van der Waals surface area contributed by atoms with Gasteiger partial charge in [0.25, 0.3) is 0 Å². The molecule has 1 fully saturated rings. The molecule has 0 aromatic heterocycles. The average Bonchev–Trinajstić information content (AvgIpc) is 2.94. The van der Waals surface area contributed by atoms with Crippen molar-refractivity contribution in [2.45, 2.75) is 22.0 Å². The molecule has 3 aliphatic carbocycles. The maximum Gasteiger partial charge on any atom is 0.218 e. The number of hydrogen-bond acceptors (Lipinski definition) is 2. The third kappa shape index (κ3) is 1.02. The zero-order chi connectivity index (χ0) is 13.3. The molecule has 100 valence electrons. The van der Waals surface area contributed by atoms with Gasteiger partial charge in [-0.05, 0) is 6.42 Å². The third-order valence-corrected chi connectivity index (χ3v) is 7.17. The van der Waals surface area contributed by atoms with E-state index in [9.17, 15) is 0 Å². The number of ether oxygens (including phenoxy) is 2. The van der Waals surface area contributed by atoms with E-state index < -0.39 is 15.5 Å². The topological polar surface area (TPSA) is 18.5 Å². The number of rotatable bonds is 2. The average molecular weight is 330 g/mol. The molecule has 0 aliphatic heterocycles. The molecule has 0 radical (unpaired) electrons. The summed E-state index contributed by atoms with van der Waals surface area (Å²) in [6.45, 7) is 0. The van der Waals surface area contributed by atoms with E-state index >= 15 is 0 Å². The summed E-state index contributed by atoms with van der Waals surface area (Å²) in [5, 5.41) is 0.673. The normalized spacial score (nSPS) is 48.1. The zero-order valence-corrected chi connectivity index (χ0v) is 12.9. The van der Waals surface area contributed by atoms with Crippen LogP contribution in [0.25, 0.3) is 0 Å². The Hall–Kier alpha value is 0.560. The molecule has 3 aliphatic rings. The summed E-state index contributed by atoms with van der Waals surface area (Å²) >= 11 is 26.3. The van der Waals surface area contributed by atoms with Crippen LogP contribution in [0.4, 0.5) is 0 Å². The van der Waals surface area contributed by atoms with E-state index in [1.807, 2.05) is 6.08 Å². The lowest BCUT2D eigenvalue weighted by Crippen LogP contribution is -2.57. The van der Waals surface area contributed by atoms with Crippen LogP contribution >= 0.6 is 46.4 Å². The molecule has 0 N–H and O–H groups in total. The van der Waals surface area contributed by atoms with Crippen LogP contribution in [0.3, 0.4) is 0 Å². The second kappa shape index (κ2) is 3.81. The highest BCUT2D eigenvalue weighted by Crippen LogP contribution is 2.75. The first-order valence-corrected chi connectivity index (χ1v) is 7.14. The van der Waals surface area contributed by atoms with Gasteiger partial charge in [-0.3, -0.25) is 0 Å². The van der Waals surface area contributed by atoms with Crippen LogP contribution in [0.2, 0.25) is 0 Å². The van der Waals surface area contributed by atoms with E-state index in [4.69, 9.17) is 55.9 Å². The first-order valence-electron chi connectivity index (χ1n) is 5.62. The molecule has 2 bridgehead atoms. The minimum Gasteiger partial charge on any atom is -0.350 e. The van der Waals surface area contributed by atoms with Crippen LogP contribution in [0.15, 0.2) is 22.2 Å². The Morgan fingerprint density at radius 1 is 1.11 bits per heavy atom. The van der Waals surface area contributed by atoms with Crippen molar-refractivity contribution in [3.8, 4) is 0 Å². The lowest BCUT2D eigenvalue weighted by Gasteiger charge is -2.41. The number of alkyl halides is 2. The monoisotopic (exact) mass is 328 g/mol. The predicted octanol–water partition coefficient (Wildman–Crippen LogP) is 3.84. The zero-order valence-electron chi connectivity index (χ0n) is 9.84. The quantitative estimate of drug-likeness (QED) is 0.435. The molecule has 3 rings (SSSR count). The van der Waals surface area contributed by atoms with Crippen LogP contribution in [0, 0.1) is 11.8 Å². The highest BCUT2D eigenvalue weighted by atomic mass is 35.5. The summed E-state index contributed by atoms with van der Waals surface area (Å²) in [7, 11) is 3.03. The molecule has 4 unspecified atom stereocenters. The largest absolute Gasteiger partial charge is 0.350 e. The van der Waals surface area contributed by atoms with E-state index in [2.05, 4.69) is 6.08 Å². The van der Waals surface area contributed by atoms with Gasteiger partial charge in [0.1, 0.15) is 9.75 Å². The van der Waals surface area contributed by atoms with Gasteiger partial charge in [-0.1, -0.05) is 35.4 Å². The van der Waals surface area contributed by atoms with E-state index in [1.165, 1.54) is 14.2 Å². The minimum absolute atomic E-state index is 0.0339. The maximum atomic E-state index is 6.81. The van der Waals surface area contributed by atoms with E-state index in [0.29, 0.717) is 10.1 Å². The molecule has 0 amide bonds. The first-order chi connectivity index (χ1) is 8.41. The molecule has 0 spiro atoms. The van der Waals surface area contributed by atoms with Crippen molar-refractivity contribution in [1.82, 2.24) is 0 Å². The van der Waals surface area contributed by atoms with Crippen LogP contribution in [0.1, 0.15) is 6.42 Å². The molecular formula is C12H12Cl4O2. The highest BCUT2D eigenvalue weighted by molar-refractivity contribution is 6.52. The summed E-state index contributed by atoms with van der Waals surface area (Å²) < 4.78 is 11.2. The Kier molecular flexibility index (Phi) is 2.86. The van der Waals surface area contributed by atoms with Gasteiger partial charge in [0.2, 0.25) is 5.79 Å². The molecule has 0 saturated heterocycles. The van der Waals surface area contributed by atoms with Crippen LogP contribution < -0.4 is 0 Å². The van der Waals surface area contributed by atoms with Gasteiger partial charge in [-0.2, -0.15) is 0 Å². The summed E-state index contributed by atoms with van der Waals surface area (Å²) in [5.41, 5.74) is 0. The van der Waals surface area contributed by atoms with E-state index in [0.717, 1.165) is 6.42 Å². The van der Waals surface area contributed by atoms with Crippen molar-refractivity contribution in [1.29, 1.82) is 0 Å². The molecule has 2 nitrogen and oxygen atoms in total. The van der Waals surface area contributed by atoms with Crippen molar-refractivity contribution < 1.29 is 9.47 Å². The Labute approximate surface area is 126 Å². The van der Waals surface area contributed by atoms with Gasteiger partial charge in [-0.15, -0.1) is 23.2 Å². The second-order valence-corrected chi connectivity index (χ2v) is 6.82. The number of halogens is 4. The fourth-order valence-corrected chi connectivity index (χ4v) is 6.00. The summed E-state index contributed by atoms with van der Waals surface area (Å²) in [4.78, 5) is -2.10. The predicted molar refractivity (Wildman–Crippen MR) is 73.4 cm³/mol. The molecule has 0 heterocycles. The third-order valence-electron chi connectivity index (χ3n) is 4.50. The van der Waals surface area contributed by atoms with Crippen molar-refractivity contribution in [3.63, 3.8) is 0 Å². The lowest BCUT2D eigenvalue weighted by molar-refractivity contribution is -0.220. The Bertz CT molecular complexity index is 471. The van der Waals surface area contributed by atoms with Gasteiger partial charge in [0.05, 0.1) is 10.1 Å². The molecule has 0 aromatic carbocycles. The van der Waals surface area contributed by atoms with E-state index in [1.54, 1.807) is 0 Å². The van der Waals surface area contributed by atoms with Gasteiger partial charge < -0.3 is 9.47 Å². The molecular weight excluding hydrogens is 318 g/mol. The number of methoxy groups -OCH3 is 2. The van der Waals surface area contributed by atoms with Gasteiger partial charge in [0.15, 0.2) is 0 Å². The molecule has 4 atom stereocenters. The highest BCUT2D eigenvalue weighted by Gasteiger charge is 2.84. The maximum absolute atomic E-state index is 6.81. The number of fused-ring (bicyclic) bond motifs is 5. The van der Waals surface area contributed by atoms with Gasteiger partial charge in [0, 0.05) is 26.1 Å². The number of hydrogen-bond donors (Lipinski definition) is 0. The van der Waals surface area contributed by atoms with Crippen LogP contribution in [-0.2, 0) is 9.47 Å². The molecule has 18 heavy (non-hydrogen) atoms. The van der Waals surface area contributed by atoms with Gasteiger partial charge in [-0.25, -0.2) is 0 Å². The standard InChI is InChI=1S/C12H12Cl4O2/c1-17-12(18-2)10(15)6-4-3-5-7(6)11(12,16)9(14)8(10)13/h3-4,6-7H,5H2,1-2H3. The Morgan fingerprint density at radius 2 is 1.67 bits per heavy atom. The fourth-order valence-electron chi connectivity index (χ4n) is 3.80. The van der Waals surface area contributed by atoms with Crippen molar-refractivity contribution in [2.75, 3.05) is 14.2 Å². The van der Waals surface area contributed by atoms with Crippen molar-refractivity contribution in [3.05, 3.63) is 22.2 Å². The summed E-state index contributed by atoms with van der Waals surface area (Å²) in [5.74, 6) is -1.24. The summed E-state index contributed by atoms with van der Waals surface area (Å²) in [6.07, 6.45) is 4.87. The van der Waals surface area contributed by atoms with Crippen molar-refractivity contribution in [2.24, 2.45) is 11.8 Å². The summed E-state index contributed by atoms with van der Waals surface area (Å²) in [6, 6.07) is 0.